The van der Waals surface area contributed by atoms with Crippen molar-refractivity contribution in [2.24, 2.45) is 5.41 Å². The Hall–Kier alpha value is -0.120. The Bertz CT molecular complexity index is 165. The minimum absolute atomic E-state index is 0.348. The van der Waals surface area contributed by atoms with Crippen molar-refractivity contribution in [3.05, 3.63) is 0 Å². The molecule has 1 fully saturated rings. The van der Waals surface area contributed by atoms with Crippen molar-refractivity contribution in [3.63, 3.8) is 0 Å². The summed E-state index contributed by atoms with van der Waals surface area (Å²) in [6, 6.07) is 0.631. The molecule has 14 heavy (non-hydrogen) atoms. The van der Waals surface area contributed by atoms with Crippen LogP contribution in [0.4, 0.5) is 0 Å². The number of rotatable bonds is 3. The first-order chi connectivity index (χ1) is 6.55. The maximum Gasteiger partial charge on any atom is 0.0589 e. The molecule has 1 aliphatic heterocycles. The lowest BCUT2D eigenvalue weighted by Crippen LogP contribution is -2.57. The highest BCUT2D eigenvalue weighted by atomic mass is 16.5. The topological polar surface area (TPSA) is 24.5 Å². The van der Waals surface area contributed by atoms with Gasteiger partial charge in [-0.05, 0) is 5.41 Å². The van der Waals surface area contributed by atoms with Crippen LogP contribution in [0.1, 0.15) is 20.8 Å². The normalized spacial score (nSPS) is 25.3. The van der Waals surface area contributed by atoms with E-state index in [1.54, 1.807) is 7.11 Å². The summed E-state index contributed by atoms with van der Waals surface area (Å²) in [4.78, 5) is 2.54. The molecule has 0 bridgehead atoms. The summed E-state index contributed by atoms with van der Waals surface area (Å²) < 4.78 is 5.14. The first-order valence-corrected chi connectivity index (χ1v) is 5.49. The Morgan fingerprint density at radius 3 is 2.71 bits per heavy atom. The van der Waals surface area contributed by atoms with Gasteiger partial charge in [-0.3, -0.25) is 4.90 Å². The van der Waals surface area contributed by atoms with E-state index in [0.29, 0.717) is 11.5 Å². The number of piperazine rings is 1. The summed E-state index contributed by atoms with van der Waals surface area (Å²) in [5, 5.41) is 3.47. The minimum atomic E-state index is 0.348. The van der Waals surface area contributed by atoms with E-state index >= 15 is 0 Å². The maximum atomic E-state index is 5.14. The van der Waals surface area contributed by atoms with E-state index in [9.17, 15) is 0 Å². The van der Waals surface area contributed by atoms with E-state index < -0.39 is 0 Å². The largest absolute Gasteiger partial charge is 0.383 e. The Balaban J connectivity index is 2.50. The molecule has 0 aromatic heterocycles. The first-order valence-electron chi connectivity index (χ1n) is 5.49. The number of nitrogens with one attached hydrogen (secondary N) is 1. The van der Waals surface area contributed by atoms with Crippen LogP contribution in [0.15, 0.2) is 0 Å². The zero-order chi connectivity index (χ0) is 10.6. The Kier molecular flexibility index (Phi) is 4.35. The van der Waals surface area contributed by atoms with Crippen molar-refractivity contribution in [2.75, 3.05) is 39.9 Å². The van der Waals surface area contributed by atoms with Gasteiger partial charge in [0.05, 0.1) is 6.61 Å². The lowest BCUT2D eigenvalue weighted by atomic mass is 9.84. The Morgan fingerprint density at radius 1 is 1.43 bits per heavy atom. The molecule has 1 unspecified atom stereocenters. The summed E-state index contributed by atoms with van der Waals surface area (Å²) in [7, 11) is 1.77. The quantitative estimate of drug-likeness (QED) is 0.734. The van der Waals surface area contributed by atoms with E-state index in [1.165, 1.54) is 0 Å². The third kappa shape index (κ3) is 3.23. The van der Waals surface area contributed by atoms with Crippen LogP contribution in [0.2, 0.25) is 0 Å². The number of ether oxygens (including phenoxy) is 1. The smallest absolute Gasteiger partial charge is 0.0589 e. The highest BCUT2D eigenvalue weighted by molar-refractivity contribution is 4.88. The highest BCUT2D eigenvalue weighted by Crippen LogP contribution is 2.24. The molecule has 0 spiro atoms. The van der Waals surface area contributed by atoms with Gasteiger partial charge in [-0.2, -0.15) is 0 Å². The van der Waals surface area contributed by atoms with Crippen LogP contribution in [0.25, 0.3) is 0 Å². The Morgan fingerprint density at radius 2 is 2.14 bits per heavy atom. The Labute approximate surface area is 87.8 Å². The molecule has 0 aromatic rings. The number of hydrogen-bond donors (Lipinski definition) is 1. The second kappa shape index (κ2) is 5.10. The number of nitrogens with zero attached hydrogens (tertiary/aromatic N) is 1. The van der Waals surface area contributed by atoms with Gasteiger partial charge in [0.25, 0.3) is 0 Å². The monoisotopic (exact) mass is 200 g/mol. The molecule has 1 N–H and O–H groups in total. The molecule has 0 aromatic carbocycles. The molecule has 1 atom stereocenters. The van der Waals surface area contributed by atoms with Crippen molar-refractivity contribution < 1.29 is 4.74 Å². The third-order valence-electron chi connectivity index (χ3n) is 2.94. The predicted molar refractivity (Wildman–Crippen MR) is 59.6 cm³/mol. The van der Waals surface area contributed by atoms with Crippen LogP contribution in [0.5, 0.6) is 0 Å². The molecule has 0 radical (unpaired) electrons. The molecule has 0 saturated carbocycles. The van der Waals surface area contributed by atoms with Gasteiger partial charge in [0, 0.05) is 39.3 Å². The van der Waals surface area contributed by atoms with Crippen LogP contribution in [-0.2, 0) is 4.74 Å². The fourth-order valence-electron chi connectivity index (χ4n) is 2.08. The fourth-order valence-corrected chi connectivity index (χ4v) is 2.08. The predicted octanol–water partition coefficient (Wildman–Crippen LogP) is 0.953. The van der Waals surface area contributed by atoms with Crippen LogP contribution < -0.4 is 5.32 Å². The summed E-state index contributed by atoms with van der Waals surface area (Å²) in [5.41, 5.74) is 0.348. The molecule has 1 saturated heterocycles. The molecule has 3 heteroatoms. The van der Waals surface area contributed by atoms with E-state index in [4.69, 9.17) is 4.74 Å². The highest BCUT2D eigenvalue weighted by Gasteiger charge is 2.31. The molecule has 0 aliphatic carbocycles. The van der Waals surface area contributed by atoms with Gasteiger partial charge in [0.1, 0.15) is 0 Å². The standard InChI is InChI=1S/C11H24N2O/c1-11(2,3)10-9-12-5-6-13(10)7-8-14-4/h10,12H,5-9H2,1-4H3. The number of methoxy groups -OCH3 is 1. The van der Waals surface area contributed by atoms with Crippen LogP contribution in [-0.4, -0.2) is 50.8 Å². The second-order valence-corrected chi connectivity index (χ2v) is 5.11. The van der Waals surface area contributed by atoms with Crippen molar-refractivity contribution >= 4 is 0 Å². The van der Waals surface area contributed by atoms with Crippen molar-refractivity contribution in [1.82, 2.24) is 10.2 Å². The first kappa shape index (κ1) is 12.0. The van der Waals surface area contributed by atoms with Gasteiger partial charge in [-0.1, -0.05) is 20.8 Å². The molecular formula is C11H24N2O. The molecule has 1 rings (SSSR count). The minimum Gasteiger partial charge on any atom is -0.383 e. The maximum absolute atomic E-state index is 5.14. The van der Waals surface area contributed by atoms with Gasteiger partial charge in [-0.15, -0.1) is 0 Å². The van der Waals surface area contributed by atoms with E-state index in [1.807, 2.05) is 0 Å². The van der Waals surface area contributed by atoms with Crippen molar-refractivity contribution in [3.8, 4) is 0 Å². The molecular weight excluding hydrogens is 176 g/mol. The van der Waals surface area contributed by atoms with Gasteiger partial charge in [0.2, 0.25) is 0 Å². The molecule has 0 amide bonds. The lowest BCUT2D eigenvalue weighted by Gasteiger charge is -2.43. The zero-order valence-electron chi connectivity index (χ0n) is 9.97. The zero-order valence-corrected chi connectivity index (χ0v) is 9.97. The van der Waals surface area contributed by atoms with Crippen LogP contribution in [0, 0.1) is 5.41 Å². The second-order valence-electron chi connectivity index (χ2n) is 5.11. The molecule has 1 aliphatic rings. The van der Waals surface area contributed by atoms with Gasteiger partial charge in [-0.25, -0.2) is 0 Å². The SMILES string of the molecule is COCCN1CCNCC1C(C)(C)C. The van der Waals surface area contributed by atoms with Crippen LogP contribution >= 0.6 is 0 Å². The van der Waals surface area contributed by atoms with E-state index in [-0.39, 0.29) is 0 Å². The average molecular weight is 200 g/mol. The lowest BCUT2D eigenvalue weighted by molar-refractivity contribution is 0.0502. The third-order valence-corrected chi connectivity index (χ3v) is 2.94. The van der Waals surface area contributed by atoms with Crippen molar-refractivity contribution in [2.45, 2.75) is 26.8 Å². The average Bonchev–Trinajstić information content (AvgIpc) is 2.14. The molecule has 1 heterocycles. The van der Waals surface area contributed by atoms with Gasteiger partial charge < -0.3 is 10.1 Å². The van der Waals surface area contributed by atoms with Gasteiger partial charge >= 0.3 is 0 Å². The summed E-state index contributed by atoms with van der Waals surface area (Å²) >= 11 is 0. The van der Waals surface area contributed by atoms with Gasteiger partial charge in [0.15, 0.2) is 0 Å². The summed E-state index contributed by atoms with van der Waals surface area (Å²) in [6.07, 6.45) is 0. The molecule has 84 valence electrons. The van der Waals surface area contributed by atoms with Crippen molar-refractivity contribution in [1.29, 1.82) is 0 Å². The van der Waals surface area contributed by atoms with E-state index in [0.717, 1.165) is 32.8 Å². The van der Waals surface area contributed by atoms with Crippen LogP contribution in [0.3, 0.4) is 0 Å². The summed E-state index contributed by atoms with van der Waals surface area (Å²) in [6.45, 7) is 12.2. The summed E-state index contributed by atoms with van der Waals surface area (Å²) in [5.74, 6) is 0. The fraction of sp³-hybridized carbons (Fsp3) is 1.00. The molecule has 3 nitrogen and oxygen atoms in total. The van der Waals surface area contributed by atoms with E-state index in [2.05, 4.69) is 31.0 Å². The number of hydrogen-bond acceptors (Lipinski definition) is 3.